The van der Waals surface area contributed by atoms with Gasteiger partial charge in [0.2, 0.25) is 0 Å². The molecule has 3 rings (SSSR count). The third-order valence-corrected chi connectivity index (χ3v) is 5.38. The first-order valence-corrected chi connectivity index (χ1v) is 9.25. The fraction of sp³-hybridized carbons (Fsp3) is 0.455. The van der Waals surface area contributed by atoms with Crippen LogP contribution in [0.15, 0.2) is 36.4 Å². The van der Waals surface area contributed by atoms with E-state index in [0.717, 1.165) is 49.6 Å². The predicted octanol–water partition coefficient (Wildman–Crippen LogP) is 4.09. The highest BCUT2D eigenvalue weighted by Crippen LogP contribution is 2.33. The number of methoxy groups -OCH3 is 3. The van der Waals surface area contributed by atoms with Crippen LogP contribution in [0.3, 0.4) is 0 Å². The highest BCUT2D eigenvalue weighted by molar-refractivity contribution is 5.48. The van der Waals surface area contributed by atoms with Gasteiger partial charge in [0.05, 0.1) is 21.3 Å². The summed E-state index contributed by atoms with van der Waals surface area (Å²) in [5.41, 5.74) is 4.09. The smallest absolute Gasteiger partial charge is 0.161 e. The summed E-state index contributed by atoms with van der Waals surface area (Å²) in [5.74, 6) is 2.56. The molecule has 0 amide bonds. The first-order valence-electron chi connectivity index (χ1n) is 9.25. The molecule has 0 N–H and O–H groups in total. The molecule has 0 spiro atoms. The van der Waals surface area contributed by atoms with Crippen LogP contribution in [0.1, 0.15) is 30.0 Å². The minimum absolute atomic E-state index is 0.540. The molecule has 140 valence electrons. The van der Waals surface area contributed by atoms with E-state index < -0.39 is 0 Å². The monoisotopic (exact) mass is 355 g/mol. The highest BCUT2D eigenvalue weighted by atomic mass is 16.5. The van der Waals surface area contributed by atoms with E-state index in [1.54, 1.807) is 21.3 Å². The molecule has 0 aromatic heterocycles. The van der Waals surface area contributed by atoms with Crippen LogP contribution < -0.4 is 14.2 Å². The van der Waals surface area contributed by atoms with E-state index in [4.69, 9.17) is 14.2 Å². The molecule has 0 aliphatic carbocycles. The molecule has 0 unspecified atom stereocenters. The number of ether oxygens (including phenoxy) is 3. The first-order chi connectivity index (χ1) is 12.6. The van der Waals surface area contributed by atoms with Crippen LogP contribution in [0.4, 0.5) is 0 Å². The summed E-state index contributed by atoms with van der Waals surface area (Å²) in [5, 5.41) is 0. The van der Waals surface area contributed by atoms with Gasteiger partial charge in [0.25, 0.3) is 0 Å². The minimum atomic E-state index is 0.540. The molecular formula is C22H29NO3. The van der Waals surface area contributed by atoms with Gasteiger partial charge in [0.15, 0.2) is 11.5 Å². The molecule has 1 heterocycles. The number of hydrogen-bond acceptors (Lipinski definition) is 4. The van der Waals surface area contributed by atoms with Gasteiger partial charge in [-0.3, -0.25) is 4.90 Å². The Morgan fingerprint density at radius 2 is 1.58 bits per heavy atom. The maximum Gasteiger partial charge on any atom is 0.161 e. The average molecular weight is 355 g/mol. The summed E-state index contributed by atoms with van der Waals surface area (Å²) in [6.07, 6.45) is 3.29. The molecule has 2 aromatic rings. The van der Waals surface area contributed by atoms with Crippen LogP contribution in [-0.4, -0.2) is 38.8 Å². The molecule has 1 aliphatic rings. The van der Waals surface area contributed by atoms with E-state index in [1.165, 1.54) is 16.7 Å². The number of hydrogen-bond donors (Lipinski definition) is 0. The van der Waals surface area contributed by atoms with Gasteiger partial charge in [-0.1, -0.05) is 12.1 Å². The van der Waals surface area contributed by atoms with E-state index in [9.17, 15) is 0 Å². The SMILES string of the molecule is COc1ccc(CC[C@@H](C)N2CCc3cc(OC)c(OC)cc3C2)cc1. The van der Waals surface area contributed by atoms with Crippen molar-refractivity contribution in [2.45, 2.75) is 38.8 Å². The quantitative estimate of drug-likeness (QED) is 0.748. The Kier molecular flexibility index (Phi) is 6.04. The zero-order chi connectivity index (χ0) is 18.5. The van der Waals surface area contributed by atoms with Crippen molar-refractivity contribution in [2.75, 3.05) is 27.9 Å². The lowest BCUT2D eigenvalue weighted by molar-refractivity contribution is 0.181. The van der Waals surface area contributed by atoms with Crippen LogP contribution in [0.25, 0.3) is 0 Å². The topological polar surface area (TPSA) is 30.9 Å². The van der Waals surface area contributed by atoms with E-state index in [2.05, 4.69) is 36.1 Å². The van der Waals surface area contributed by atoms with E-state index in [-0.39, 0.29) is 0 Å². The predicted molar refractivity (Wildman–Crippen MR) is 104 cm³/mol. The molecule has 1 aliphatic heterocycles. The standard InChI is InChI=1S/C22H29NO3/c1-16(5-6-17-7-9-20(24-2)10-8-17)23-12-11-18-13-21(25-3)22(26-4)14-19(18)15-23/h7-10,13-14,16H,5-6,11-12,15H2,1-4H3/t16-/m1/s1. The lowest BCUT2D eigenvalue weighted by Gasteiger charge is -2.34. The minimum Gasteiger partial charge on any atom is -0.497 e. The molecule has 0 saturated heterocycles. The Labute approximate surface area is 156 Å². The zero-order valence-corrected chi connectivity index (χ0v) is 16.2. The van der Waals surface area contributed by atoms with Crippen molar-refractivity contribution < 1.29 is 14.2 Å². The second kappa shape index (κ2) is 8.45. The van der Waals surface area contributed by atoms with E-state index in [1.807, 2.05) is 12.1 Å². The Hall–Kier alpha value is -2.20. The Morgan fingerprint density at radius 1 is 0.923 bits per heavy atom. The van der Waals surface area contributed by atoms with Gasteiger partial charge in [-0.05, 0) is 67.1 Å². The number of aryl methyl sites for hydroxylation is 1. The molecule has 1 atom stereocenters. The molecule has 26 heavy (non-hydrogen) atoms. The number of benzene rings is 2. The first kappa shape index (κ1) is 18.6. The normalized spacial score (nSPS) is 15.2. The van der Waals surface area contributed by atoms with Gasteiger partial charge in [-0.15, -0.1) is 0 Å². The summed E-state index contributed by atoms with van der Waals surface area (Å²) in [6, 6.07) is 13.2. The molecule has 0 bridgehead atoms. The molecule has 4 nitrogen and oxygen atoms in total. The van der Waals surface area contributed by atoms with Crippen LogP contribution in [0, 0.1) is 0 Å². The van der Waals surface area contributed by atoms with Gasteiger partial charge in [-0.25, -0.2) is 0 Å². The Morgan fingerprint density at radius 3 is 2.19 bits per heavy atom. The molecular weight excluding hydrogens is 326 g/mol. The van der Waals surface area contributed by atoms with Gasteiger partial charge < -0.3 is 14.2 Å². The van der Waals surface area contributed by atoms with Crippen LogP contribution in [0.5, 0.6) is 17.2 Å². The largest absolute Gasteiger partial charge is 0.497 e. The second-order valence-corrected chi connectivity index (χ2v) is 6.93. The van der Waals surface area contributed by atoms with E-state index in [0.29, 0.717) is 6.04 Å². The van der Waals surface area contributed by atoms with Gasteiger partial charge in [0, 0.05) is 19.1 Å². The average Bonchev–Trinajstić information content (AvgIpc) is 2.70. The maximum absolute atomic E-state index is 5.47. The molecule has 0 fully saturated rings. The second-order valence-electron chi connectivity index (χ2n) is 6.93. The molecule has 0 radical (unpaired) electrons. The Balaban J connectivity index is 1.62. The third-order valence-electron chi connectivity index (χ3n) is 5.38. The summed E-state index contributed by atoms with van der Waals surface area (Å²) in [7, 11) is 5.10. The summed E-state index contributed by atoms with van der Waals surface area (Å²) < 4.78 is 16.1. The molecule has 2 aromatic carbocycles. The van der Waals surface area contributed by atoms with Crippen molar-refractivity contribution in [1.29, 1.82) is 0 Å². The molecule has 0 saturated carbocycles. The zero-order valence-electron chi connectivity index (χ0n) is 16.2. The van der Waals surface area contributed by atoms with Crippen molar-refractivity contribution in [3.05, 3.63) is 53.1 Å². The summed E-state index contributed by atoms with van der Waals surface area (Å²) >= 11 is 0. The summed E-state index contributed by atoms with van der Waals surface area (Å²) in [6.45, 7) is 4.39. The van der Waals surface area contributed by atoms with Gasteiger partial charge >= 0.3 is 0 Å². The van der Waals surface area contributed by atoms with Crippen molar-refractivity contribution in [2.24, 2.45) is 0 Å². The maximum atomic E-state index is 5.47. The lowest BCUT2D eigenvalue weighted by atomic mass is 9.96. The van der Waals surface area contributed by atoms with Crippen LogP contribution in [0.2, 0.25) is 0 Å². The highest BCUT2D eigenvalue weighted by Gasteiger charge is 2.22. The number of nitrogens with zero attached hydrogens (tertiary/aromatic N) is 1. The van der Waals surface area contributed by atoms with Crippen molar-refractivity contribution in [3.8, 4) is 17.2 Å². The van der Waals surface area contributed by atoms with Gasteiger partial charge in [-0.2, -0.15) is 0 Å². The fourth-order valence-corrected chi connectivity index (χ4v) is 3.63. The van der Waals surface area contributed by atoms with Crippen LogP contribution in [-0.2, 0) is 19.4 Å². The van der Waals surface area contributed by atoms with Crippen LogP contribution >= 0.6 is 0 Å². The van der Waals surface area contributed by atoms with Crippen molar-refractivity contribution in [1.82, 2.24) is 4.90 Å². The lowest BCUT2D eigenvalue weighted by Crippen LogP contribution is -2.37. The number of fused-ring (bicyclic) bond motifs is 1. The van der Waals surface area contributed by atoms with Crippen molar-refractivity contribution in [3.63, 3.8) is 0 Å². The Bertz CT molecular complexity index is 727. The van der Waals surface area contributed by atoms with Gasteiger partial charge in [0.1, 0.15) is 5.75 Å². The number of rotatable bonds is 7. The fourth-order valence-electron chi connectivity index (χ4n) is 3.63. The van der Waals surface area contributed by atoms with E-state index >= 15 is 0 Å². The molecule has 4 heteroatoms. The summed E-state index contributed by atoms with van der Waals surface area (Å²) in [4.78, 5) is 2.57. The van der Waals surface area contributed by atoms with Crippen molar-refractivity contribution >= 4 is 0 Å². The third kappa shape index (κ3) is 4.13.